The van der Waals surface area contributed by atoms with Gasteiger partial charge in [-0.05, 0) is 6.92 Å². The highest BCUT2D eigenvalue weighted by molar-refractivity contribution is 5.72. The lowest BCUT2D eigenvalue weighted by Gasteiger charge is -2.07. The van der Waals surface area contributed by atoms with E-state index in [1.165, 1.54) is 0 Å². The Labute approximate surface area is 83.1 Å². The maximum atomic E-state index is 12.2. The van der Waals surface area contributed by atoms with Gasteiger partial charge in [0, 0.05) is 6.07 Å². The zero-order chi connectivity index (χ0) is 11.5. The molecule has 1 heterocycles. The molecule has 0 aliphatic heterocycles. The molecule has 0 saturated carbocycles. The minimum absolute atomic E-state index is 0.159. The summed E-state index contributed by atoms with van der Waals surface area (Å²) >= 11 is 0. The van der Waals surface area contributed by atoms with Crippen molar-refractivity contribution in [3.8, 4) is 5.88 Å². The van der Waals surface area contributed by atoms with Gasteiger partial charge >= 0.3 is 6.18 Å². The van der Waals surface area contributed by atoms with Gasteiger partial charge in [-0.3, -0.25) is 4.79 Å². The van der Waals surface area contributed by atoms with Crippen molar-refractivity contribution in [2.45, 2.75) is 13.1 Å². The zero-order valence-corrected chi connectivity index (χ0v) is 7.71. The normalized spacial score (nSPS) is 11.2. The Morgan fingerprint density at radius 2 is 2.13 bits per heavy atom. The Kier molecular flexibility index (Phi) is 3.23. The van der Waals surface area contributed by atoms with Crippen LogP contribution in [0.4, 0.5) is 13.2 Å². The predicted octanol–water partition coefficient (Wildman–Crippen LogP) is 1.71. The van der Waals surface area contributed by atoms with Crippen LogP contribution in [0.3, 0.4) is 0 Å². The molecule has 0 aliphatic rings. The molecule has 4 nitrogen and oxygen atoms in total. The van der Waals surface area contributed by atoms with Crippen molar-refractivity contribution in [3.63, 3.8) is 0 Å². The van der Waals surface area contributed by atoms with Gasteiger partial charge in [-0.1, -0.05) is 0 Å². The molecule has 0 spiro atoms. The molecule has 7 heteroatoms. The zero-order valence-electron chi connectivity index (χ0n) is 7.71. The Bertz CT molecular complexity index is 365. The monoisotopic (exact) mass is 220 g/mol. The largest absolute Gasteiger partial charge is 0.478 e. The number of rotatable bonds is 3. The summed E-state index contributed by atoms with van der Waals surface area (Å²) in [7, 11) is 0. The summed E-state index contributed by atoms with van der Waals surface area (Å²) in [6, 6.07) is 1.05. The molecule has 0 fully saturated rings. The Hall–Kier alpha value is -1.66. The van der Waals surface area contributed by atoms with Gasteiger partial charge in [0.25, 0.3) is 0 Å². The highest BCUT2D eigenvalue weighted by Crippen LogP contribution is 2.27. The van der Waals surface area contributed by atoms with E-state index in [0.717, 1.165) is 6.07 Å². The van der Waals surface area contributed by atoms with Gasteiger partial charge in [-0.2, -0.15) is 18.2 Å². The first-order valence-electron chi connectivity index (χ1n) is 4.01. The minimum atomic E-state index is -4.69. The van der Waals surface area contributed by atoms with Crippen LogP contribution in [-0.2, 0) is 6.18 Å². The van der Waals surface area contributed by atoms with Gasteiger partial charge < -0.3 is 4.74 Å². The standard InChI is InChI=1S/C8H7F3N2O2/c1-2-15-6-3-5(4-14)12-7(13-6)8(9,10)11/h3-4H,2H2,1H3. The topological polar surface area (TPSA) is 52.1 Å². The Morgan fingerprint density at radius 3 is 2.60 bits per heavy atom. The first-order valence-corrected chi connectivity index (χ1v) is 4.01. The summed E-state index contributed by atoms with van der Waals surface area (Å²) < 4.78 is 41.5. The summed E-state index contributed by atoms with van der Waals surface area (Å²) in [5, 5.41) is 0. The lowest BCUT2D eigenvalue weighted by atomic mass is 10.4. The molecule has 1 aromatic heterocycles. The molecule has 0 radical (unpaired) electrons. The lowest BCUT2D eigenvalue weighted by molar-refractivity contribution is -0.145. The number of aldehydes is 1. The van der Waals surface area contributed by atoms with E-state index in [1.807, 2.05) is 0 Å². The van der Waals surface area contributed by atoms with E-state index in [1.54, 1.807) is 6.92 Å². The van der Waals surface area contributed by atoms with Crippen LogP contribution in [0, 0.1) is 0 Å². The van der Waals surface area contributed by atoms with Crippen molar-refractivity contribution in [2.24, 2.45) is 0 Å². The smallest absolute Gasteiger partial charge is 0.451 e. The second-order valence-electron chi connectivity index (χ2n) is 2.50. The number of ether oxygens (including phenoxy) is 1. The van der Waals surface area contributed by atoms with Crippen molar-refractivity contribution in [3.05, 3.63) is 17.6 Å². The summed E-state index contributed by atoms with van der Waals surface area (Å²) in [5.74, 6) is -1.64. The molecule has 0 N–H and O–H groups in total. The molecule has 1 aromatic rings. The van der Waals surface area contributed by atoms with Crippen LogP contribution in [0.2, 0.25) is 0 Å². The third kappa shape index (κ3) is 2.90. The third-order valence-corrected chi connectivity index (χ3v) is 1.39. The van der Waals surface area contributed by atoms with Crippen molar-refractivity contribution in [1.29, 1.82) is 0 Å². The van der Waals surface area contributed by atoms with Crippen LogP contribution in [0.15, 0.2) is 6.07 Å². The number of hydrogen-bond acceptors (Lipinski definition) is 4. The SMILES string of the molecule is CCOc1cc(C=O)nc(C(F)(F)F)n1. The maximum Gasteiger partial charge on any atom is 0.451 e. The van der Waals surface area contributed by atoms with Gasteiger partial charge in [0.2, 0.25) is 11.7 Å². The van der Waals surface area contributed by atoms with E-state index in [0.29, 0.717) is 0 Å². The maximum absolute atomic E-state index is 12.2. The number of alkyl halides is 3. The molecule has 0 atom stereocenters. The van der Waals surface area contributed by atoms with Crippen LogP contribution in [0.25, 0.3) is 0 Å². The van der Waals surface area contributed by atoms with Crippen molar-refractivity contribution < 1.29 is 22.7 Å². The first-order chi connectivity index (χ1) is 6.97. The minimum Gasteiger partial charge on any atom is -0.478 e. The number of aromatic nitrogens is 2. The number of hydrogen-bond donors (Lipinski definition) is 0. The van der Waals surface area contributed by atoms with Gasteiger partial charge in [0.1, 0.15) is 5.69 Å². The van der Waals surface area contributed by atoms with E-state index >= 15 is 0 Å². The number of halogens is 3. The Morgan fingerprint density at radius 1 is 1.47 bits per heavy atom. The third-order valence-electron chi connectivity index (χ3n) is 1.39. The predicted molar refractivity (Wildman–Crippen MR) is 43.6 cm³/mol. The van der Waals surface area contributed by atoms with Gasteiger partial charge in [0.15, 0.2) is 6.29 Å². The molecule has 0 aromatic carbocycles. The van der Waals surface area contributed by atoms with Crippen molar-refractivity contribution in [1.82, 2.24) is 9.97 Å². The van der Waals surface area contributed by atoms with E-state index in [2.05, 4.69) is 9.97 Å². The van der Waals surface area contributed by atoms with Gasteiger partial charge in [-0.25, -0.2) is 4.98 Å². The van der Waals surface area contributed by atoms with E-state index < -0.39 is 12.0 Å². The highest BCUT2D eigenvalue weighted by Gasteiger charge is 2.35. The van der Waals surface area contributed by atoms with Crippen LogP contribution < -0.4 is 4.74 Å². The fraction of sp³-hybridized carbons (Fsp3) is 0.375. The highest BCUT2D eigenvalue weighted by atomic mass is 19.4. The first kappa shape index (κ1) is 11.4. The molecule has 0 saturated heterocycles. The number of nitrogens with zero attached hydrogens (tertiary/aromatic N) is 2. The quantitative estimate of drug-likeness (QED) is 0.727. The molecule has 0 aliphatic carbocycles. The van der Waals surface area contributed by atoms with Gasteiger partial charge in [-0.15, -0.1) is 0 Å². The summed E-state index contributed by atoms with van der Waals surface area (Å²) in [6.45, 7) is 1.75. The van der Waals surface area contributed by atoms with Crippen LogP contribution >= 0.6 is 0 Å². The fourth-order valence-corrected chi connectivity index (χ4v) is 0.852. The molecular weight excluding hydrogens is 213 g/mol. The second-order valence-corrected chi connectivity index (χ2v) is 2.50. The molecule has 0 bridgehead atoms. The summed E-state index contributed by atoms with van der Waals surface area (Å²) in [4.78, 5) is 16.5. The molecule has 82 valence electrons. The van der Waals surface area contributed by atoms with Crippen LogP contribution in [0.1, 0.15) is 23.2 Å². The number of carbonyl (C=O) groups is 1. The molecule has 0 unspecified atom stereocenters. The molecule has 0 amide bonds. The fourth-order valence-electron chi connectivity index (χ4n) is 0.852. The van der Waals surface area contributed by atoms with Crippen molar-refractivity contribution >= 4 is 6.29 Å². The van der Waals surface area contributed by atoms with Gasteiger partial charge in [0.05, 0.1) is 6.61 Å². The molecule has 1 rings (SSSR count). The lowest BCUT2D eigenvalue weighted by Crippen LogP contribution is -2.13. The van der Waals surface area contributed by atoms with Crippen LogP contribution in [-0.4, -0.2) is 22.9 Å². The van der Waals surface area contributed by atoms with Crippen molar-refractivity contribution in [2.75, 3.05) is 6.61 Å². The number of carbonyl (C=O) groups excluding carboxylic acids is 1. The Balaban J connectivity index is 3.17. The van der Waals surface area contributed by atoms with E-state index in [4.69, 9.17) is 4.74 Å². The average Bonchev–Trinajstić information content (AvgIpc) is 2.16. The van der Waals surface area contributed by atoms with Crippen LogP contribution in [0.5, 0.6) is 5.88 Å². The second kappa shape index (κ2) is 4.24. The summed E-state index contributed by atoms with van der Waals surface area (Å²) in [6.07, 6.45) is -4.48. The van der Waals surface area contributed by atoms with E-state index in [9.17, 15) is 18.0 Å². The summed E-state index contributed by atoms with van der Waals surface area (Å²) in [5.41, 5.74) is -0.360. The molecule has 15 heavy (non-hydrogen) atoms. The van der Waals surface area contributed by atoms with E-state index in [-0.39, 0.29) is 24.5 Å². The molecular formula is C8H7F3N2O2. The average molecular weight is 220 g/mol.